The van der Waals surface area contributed by atoms with E-state index in [9.17, 15) is 4.79 Å². The van der Waals surface area contributed by atoms with Crippen LogP contribution in [0.3, 0.4) is 0 Å². The molecule has 0 fully saturated rings. The topological polar surface area (TPSA) is 55.1 Å². The van der Waals surface area contributed by atoms with Crippen LogP contribution in [0.15, 0.2) is 18.2 Å². The van der Waals surface area contributed by atoms with E-state index in [0.717, 1.165) is 5.56 Å². The van der Waals surface area contributed by atoms with Gasteiger partial charge in [0.2, 0.25) is 5.91 Å². The van der Waals surface area contributed by atoms with Crippen LogP contribution in [0.1, 0.15) is 19.4 Å². The number of aryl methyl sites for hydroxylation is 1. The number of nitrogens with two attached hydrogens (primary N) is 1. The van der Waals surface area contributed by atoms with Crippen LogP contribution in [0.2, 0.25) is 5.02 Å². The van der Waals surface area contributed by atoms with Crippen molar-refractivity contribution in [1.29, 1.82) is 0 Å². The van der Waals surface area contributed by atoms with Gasteiger partial charge < -0.3 is 11.1 Å². The van der Waals surface area contributed by atoms with E-state index in [1.165, 1.54) is 0 Å². The lowest BCUT2D eigenvalue weighted by Crippen LogP contribution is -2.39. The first-order chi connectivity index (χ1) is 7.41. The maximum Gasteiger partial charge on any atom is 0.241 e. The summed E-state index contributed by atoms with van der Waals surface area (Å²) in [6, 6.07) is 4.96. The molecule has 3 N–H and O–H groups in total. The molecule has 0 aliphatic carbocycles. The molecule has 0 unspecified atom stereocenters. The van der Waals surface area contributed by atoms with Gasteiger partial charge in [-0.05, 0) is 30.5 Å². The van der Waals surface area contributed by atoms with Crippen LogP contribution in [-0.2, 0) is 4.79 Å². The summed E-state index contributed by atoms with van der Waals surface area (Å²) in [5.41, 5.74) is 7.39. The first kappa shape index (κ1) is 13.0. The number of carbonyl (C=O) groups excluding carboxylic acids is 1. The van der Waals surface area contributed by atoms with Crippen molar-refractivity contribution < 1.29 is 4.79 Å². The van der Waals surface area contributed by atoms with Gasteiger partial charge in [0.25, 0.3) is 0 Å². The largest absolute Gasteiger partial charge is 0.323 e. The van der Waals surface area contributed by atoms with Crippen LogP contribution >= 0.6 is 11.6 Å². The van der Waals surface area contributed by atoms with Crippen LogP contribution < -0.4 is 11.1 Å². The zero-order chi connectivity index (χ0) is 12.3. The minimum atomic E-state index is -0.516. The van der Waals surface area contributed by atoms with Gasteiger partial charge in [0.15, 0.2) is 0 Å². The third-order valence-corrected chi connectivity index (χ3v) is 2.72. The van der Waals surface area contributed by atoms with E-state index in [1.54, 1.807) is 12.1 Å². The van der Waals surface area contributed by atoms with Gasteiger partial charge in [-0.15, -0.1) is 0 Å². The van der Waals surface area contributed by atoms with Gasteiger partial charge in [-0.1, -0.05) is 31.5 Å². The van der Waals surface area contributed by atoms with Gasteiger partial charge in [-0.2, -0.15) is 0 Å². The maximum atomic E-state index is 11.7. The van der Waals surface area contributed by atoms with E-state index in [4.69, 9.17) is 17.3 Å². The zero-order valence-electron chi connectivity index (χ0n) is 9.75. The summed E-state index contributed by atoms with van der Waals surface area (Å²) in [7, 11) is 0. The molecule has 16 heavy (non-hydrogen) atoms. The minimum Gasteiger partial charge on any atom is -0.323 e. The summed E-state index contributed by atoms with van der Waals surface area (Å²) in [6.07, 6.45) is 0. The summed E-state index contributed by atoms with van der Waals surface area (Å²) in [5.74, 6) is -0.107. The normalized spacial score (nSPS) is 12.6. The molecule has 88 valence electrons. The van der Waals surface area contributed by atoms with Crippen LogP contribution in [-0.4, -0.2) is 11.9 Å². The smallest absolute Gasteiger partial charge is 0.241 e. The number of hydrogen-bond donors (Lipinski definition) is 2. The summed E-state index contributed by atoms with van der Waals surface area (Å²) in [5, 5.41) is 3.25. The van der Waals surface area contributed by atoms with E-state index >= 15 is 0 Å². The summed E-state index contributed by atoms with van der Waals surface area (Å²) < 4.78 is 0. The van der Waals surface area contributed by atoms with Gasteiger partial charge in [0.1, 0.15) is 0 Å². The molecule has 0 spiro atoms. The average Bonchev–Trinajstić information content (AvgIpc) is 2.20. The molecule has 0 aliphatic heterocycles. The van der Waals surface area contributed by atoms with Crippen LogP contribution in [0.4, 0.5) is 5.69 Å². The first-order valence-corrected chi connectivity index (χ1v) is 5.62. The Morgan fingerprint density at radius 1 is 1.44 bits per heavy atom. The first-order valence-electron chi connectivity index (χ1n) is 5.24. The van der Waals surface area contributed by atoms with Gasteiger partial charge >= 0.3 is 0 Å². The average molecular weight is 241 g/mol. The zero-order valence-corrected chi connectivity index (χ0v) is 10.5. The lowest BCUT2D eigenvalue weighted by Gasteiger charge is -2.16. The molecular formula is C12H17ClN2O. The quantitative estimate of drug-likeness (QED) is 0.853. The highest BCUT2D eigenvalue weighted by atomic mass is 35.5. The van der Waals surface area contributed by atoms with Crippen molar-refractivity contribution in [3.8, 4) is 0 Å². The van der Waals surface area contributed by atoms with Gasteiger partial charge in [0.05, 0.1) is 16.8 Å². The summed E-state index contributed by atoms with van der Waals surface area (Å²) in [6.45, 7) is 5.75. The van der Waals surface area contributed by atoms with Crippen molar-refractivity contribution in [3.05, 3.63) is 28.8 Å². The second-order valence-electron chi connectivity index (χ2n) is 4.24. The maximum absolute atomic E-state index is 11.7. The van der Waals surface area contributed by atoms with E-state index in [2.05, 4.69) is 5.32 Å². The second-order valence-corrected chi connectivity index (χ2v) is 4.65. The van der Waals surface area contributed by atoms with Crippen molar-refractivity contribution >= 4 is 23.2 Å². The van der Waals surface area contributed by atoms with Crippen molar-refractivity contribution in [2.45, 2.75) is 26.8 Å². The molecule has 0 saturated heterocycles. The van der Waals surface area contributed by atoms with Crippen molar-refractivity contribution in [2.24, 2.45) is 11.7 Å². The van der Waals surface area contributed by atoms with Gasteiger partial charge in [-0.25, -0.2) is 0 Å². The van der Waals surface area contributed by atoms with Crippen LogP contribution in [0.5, 0.6) is 0 Å². The molecule has 3 nitrogen and oxygen atoms in total. The Kier molecular flexibility index (Phi) is 4.33. The van der Waals surface area contributed by atoms with Crippen LogP contribution in [0.25, 0.3) is 0 Å². The Morgan fingerprint density at radius 3 is 2.56 bits per heavy atom. The van der Waals surface area contributed by atoms with E-state index in [-0.39, 0.29) is 11.8 Å². The number of benzene rings is 1. The number of amides is 1. The van der Waals surface area contributed by atoms with Gasteiger partial charge in [0, 0.05) is 0 Å². The standard InChI is InChI=1S/C12H17ClN2O/c1-7(2)11(14)12(16)15-10-5-4-8(3)6-9(10)13/h4-7,11H,14H2,1-3H3,(H,15,16)/t11-/m0/s1. The highest BCUT2D eigenvalue weighted by molar-refractivity contribution is 6.33. The molecule has 0 aliphatic rings. The number of halogens is 1. The molecule has 0 saturated carbocycles. The summed E-state index contributed by atoms with van der Waals surface area (Å²) in [4.78, 5) is 11.7. The lowest BCUT2D eigenvalue weighted by molar-refractivity contribution is -0.118. The number of rotatable bonds is 3. The van der Waals surface area contributed by atoms with Crippen LogP contribution in [0, 0.1) is 12.8 Å². The number of anilines is 1. The Morgan fingerprint density at radius 2 is 2.06 bits per heavy atom. The van der Waals surface area contributed by atoms with E-state index < -0.39 is 6.04 Å². The molecule has 0 heterocycles. The molecule has 1 aromatic rings. The Balaban J connectivity index is 2.77. The molecule has 0 bridgehead atoms. The SMILES string of the molecule is Cc1ccc(NC(=O)[C@@H](N)C(C)C)c(Cl)c1. The molecule has 0 radical (unpaired) electrons. The van der Waals surface area contributed by atoms with Crippen molar-refractivity contribution in [2.75, 3.05) is 5.32 Å². The number of nitrogens with one attached hydrogen (secondary N) is 1. The molecular weight excluding hydrogens is 224 g/mol. The monoisotopic (exact) mass is 240 g/mol. The molecule has 1 atom stereocenters. The molecule has 1 rings (SSSR count). The fourth-order valence-corrected chi connectivity index (χ4v) is 1.52. The highest BCUT2D eigenvalue weighted by Gasteiger charge is 2.17. The van der Waals surface area contributed by atoms with E-state index in [1.807, 2.05) is 26.8 Å². The fourth-order valence-electron chi connectivity index (χ4n) is 1.24. The lowest BCUT2D eigenvalue weighted by atomic mass is 10.0. The third-order valence-electron chi connectivity index (χ3n) is 2.40. The Hall–Kier alpha value is -1.06. The third kappa shape index (κ3) is 3.22. The van der Waals surface area contributed by atoms with E-state index in [0.29, 0.717) is 10.7 Å². The molecule has 4 heteroatoms. The Labute approximate surface area is 101 Å². The fraction of sp³-hybridized carbons (Fsp3) is 0.417. The summed E-state index contributed by atoms with van der Waals surface area (Å²) >= 11 is 6.00. The minimum absolute atomic E-state index is 0.101. The number of carbonyl (C=O) groups is 1. The molecule has 1 aromatic carbocycles. The molecule has 0 aromatic heterocycles. The predicted molar refractivity (Wildman–Crippen MR) is 67.6 cm³/mol. The van der Waals surface area contributed by atoms with Gasteiger partial charge in [-0.3, -0.25) is 4.79 Å². The predicted octanol–water partition coefficient (Wildman–Crippen LogP) is 2.57. The van der Waals surface area contributed by atoms with Crippen molar-refractivity contribution in [3.63, 3.8) is 0 Å². The number of hydrogen-bond acceptors (Lipinski definition) is 2. The Bertz CT molecular complexity index is 391. The highest BCUT2D eigenvalue weighted by Crippen LogP contribution is 2.22. The van der Waals surface area contributed by atoms with Crippen molar-refractivity contribution in [1.82, 2.24) is 0 Å². The second kappa shape index (κ2) is 5.32. The molecule has 1 amide bonds.